The summed E-state index contributed by atoms with van der Waals surface area (Å²) >= 11 is 0. The van der Waals surface area contributed by atoms with Crippen LogP contribution in [0.4, 0.5) is 5.69 Å². The van der Waals surface area contributed by atoms with Gasteiger partial charge in [0.25, 0.3) is 0 Å². The van der Waals surface area contributed by atoms with E-state index in [2.05, 4.69) is 47.9 Å². The average molecular weight is 277 g/mol. The van der Waals surface area contributed by atoms with Gasteiger partial charge in [0.15, 0.2) is 0 Å². The predicted molar refractivity (Wildman–Crippen MR) is 83.2 cm³/mol. The van der Waals surface area contributed by atoms with Crippen molar-refractivity contribution in [2.75, 3.05) is 38.6 Å². The first-order valence-electron chi connectivity index (χ1n) is 7.48. The highest BCUT2D eigenvalue weighted by Gasteiger charge is 2.24. The van der Waals surface area contributed by atoms with E-state index >= 15 is 0 Å². The lowest BCUT2D eigenvalue weighted by Crippen LogP contribution is -2.51. The summed E-state index contributed by atoms with van der Waals surface area (Å²) in [5, 5.41) is 3.23. The molecule has 5 nitrogen and oxygen atoms in total. The SMILES string of the molecule is CNCc1nc(C(C)C)ncc1N1CCN(C)CC1C. The molecular formula is C15H27N5. The van der Waals surface area contributed by atoms with Gasteiger partial charge in [0, 0.05) is 38.1 Å². The van der Waals surface area contributed by atoms with Crippen LogP contribution in [0.2, 0.25) is 0 Å². The molecule has 0 aliphatic carbocycles. The zero-order valence-corrected chi connectivity index (χ0v) is 13.3. The molecule has 1 saturated heterocycles. The molecular weight excluding hydrogens is 250 g/mol. The molecule has 5 heteroatoms. The third-order valence-corrected chi connectivity index (χ3v) is 3.86. The number of nitrogens with one attached hydrogen (secondary N) is 1. The number of piperazine rings is 1. The number of hydrogen-bond donors (Lipinski definition) is 1. The summed E-state index contributed by atoms with van der Waals surface area (Å²) in [6.07, 6.45) is 2.01. The fourth-order valence-electron chi connectivity index (χ4n) is 2.74. The Balaban J connectivity index is 2.30. The molecule has 0 bridgehead atoms. The quantitative estimate of drug-likeness (QED) is 0.902. The van der Waals surface area contributed by atoms with Gasteiger partial charge in [-0.05, 0) is 21.0 Å². The van der Waals surface area contributed by atoms with Gasteiger partial charge in [-0.25, -0.2) is 9.97 Å². The summed E-state index contributed by atoms with van der Waals surface area (Å²) in [4.78, 5) is 14.1. The third kappa shape index (κ3) is 3.27. The normalized spacial score (nSPS) is 20.7. The van der Waals surface area contributed by atoms with Crippen molar-refractivity contribution in [1.82, 2.24) is 20.2 Å². The van der Waals surface area contributed by atoms with E-state index in [1.165, 1.54) is 5.69 Å². The zero-order valence-electron chi connectivity index (χ0n) is 13.3. The second kappa shape index (κ2) is 6.50. The van der Waals surface area contributed by atoms with Crippen LogP contribution < -0.4 is 10.2 Å². The Labute approximate surface area is 122 Å². The van der Waals surface area contributed by atoms with Crippen molar-refractivity contribution >= 4 is 5.69 Å². The minimum Gasteiger partial charge on any atom is -0.363 e. The Morgan fingerprint density at radius 3 is 2.75 bits per heavy atom. The van der Waals surface area contributed by atoms with Crippen LogP contribution in [0.25, 0.3) is 0 Å². The van der Waals surface area contributed by atoms with E-state index in [-0.39, 0.29) is 0 Å². The minimum absolute atomic E-state index is 0.365. The third-order valence-electron chi connectivity index (χ3n) is 3.86. The molecule has 1 atom stereocenters. The lowest BCUT2D eigenvalue weighted by atomic mass is 10.1. The Morgan fingerprint density at radius 1 is 1.40 bits per heavy atom. The van der Waals surface area contributed by atoms with Crippen molar-refractivity contribution in [2.24, 2.45) is 0 Å². The molecule has 20 heavy (non-hydrogen) atoms. The number of anilines is 1. The van der Waals surface area contributed by atoms with Crippen molar-refractivity contribution < 1.29 is 0 Å². The smallest absolute Gasteiger partial charge is 0.131 e. The van der Waals surface area contributed by atoms with Gasteiger partial charge in [0.05, 0.1) is 17.6 Å². The number of nitrogens with zero attached hydrogens (tertiary/aromatic N) is 4. The number of aromatic nitrogens is 2. The lowest BCUT2D eigenvalue weighted by molar-refractivity contribution is 0.275. The lowest BCUT2D eigenvalue weighted by Gasteiger charge is -2.40. The van der Waals surface area contributed by atoms with Gasteiger partial charge in [-0.15, -0.1) is 0 Å². The van der Waals surface area contributed by atoms with E-state index in [9.17, 15) is 0 Å². The van der Waals surface area contributed by atoms with Crippen molar-refractivity contribution in [3.8, 4) is 0 Å². The zero-order chi connectivity index (χ0) is 14.7. The Bertz CT molecular complexity index is 446. The molecule has 1 N–H and O–H groups in total. The van der Waals surface area contributed by atoms with Crippen LogP contribution in [-0.2, 0) is 6.54 Å². The van der Waals surface area contributed by atoms with E-state index < -0.39 is 0 Å². The predicted octanol–water partition coefficient (Wildman–Crippen LogP) is 1.46. The molecule has 1 aliphatic heterocycles. The summed E-state index contributed by atoms with van der Waals surface area (Å²) in [6.45, 7) is 10.6. The van der Waals surface area contributed by atoms with Gasteiger partial charge >= 0.3 is 0 Å². The fraction of sp³-hybridized carbons (Fsp3) is 0.733. The summed E-state index contributed by atoms with van der Waals surface area (Å²) < 4.78 is 0. The molecule has 2 rings (SSSR count). The first-order chi connectivity index (χ1) is 9.52. The minimum atomic E-state index is 0.365. The molecule has 112 valence electrons. The Kier molecular flexibility index (Phi) is 4.94. The maximum atomic E-state index is 4.76. The van der Waals surface area contributed by atoms with Gasteiger partial charge < -0.3 is 15.1 Å². The highest BCUT2D eigenvalue weighted by atomic mass is 15.3. The number of hydrogen-bond acceptors (Lipinski definition) is 5. The molecule has 1 aromatic rings. The summed E-state index contributed by atoms with van der Waals surface area (Å²) in [7, 11) is 4.15. The molecule has 2 heterocycles. The second-order valence-electron chi connectivity index (χ2n) is 6.05. The van der Waals surface area contributed by atoms with Crippen LogP contribution in [0.15, 0.2) is 6.20 Å². The standard InChI is InChI=1S/C15H27N5/c1-11(2)15-17-9-14(13(18-15)8-16-4)20-7-6-19(5)10-12(20)3/h9,11-12,16H,6-8,10H2,1-5H3. The monoisotopic (exact) mass is 277 g/mol. The molecule has 1 unspecified atom stereocenters. The van der Waals surface area contributed by atoms with Crippen molar-refractivity contribution in [3.63, 3.8) is 0 Å². The molecule has 1 aliphatic rings. The molecule has 1 fully saturated rings. The Hall–Kier alpha value is -1.20. The van der Waals surface area contributed by atoms with Crippen LogP contribution in [0, 0.1) is 0 Å². The van der Waals surface area contributed by atoms with Crippen molar-refractivity contribution in [1.29, 1.82) is 0 Å². The van der Waals surface area contributed by atoms with Crippen LogP contribution in [0.1, 0.15) is 38.2 Å². The van der Waals surface area contributed by atoms with Gasteiger partial charge in [0.1, 0.15) is 5.82 Å². The summed E-state index contributed by atoms with van der Waals surface area (Å²) in [5.41, 5.74) is 2.30. The first-order valence-corrected chi connectivity index (χ1v) is 7.48. The van der Waals surface area contributed by atoms with E-state index in [4.69, 9.17) is 4.98 Å². The van der Waals surface area contributed by atoms with Gasteiger partial charge in [-0.3, -0.25) is 0 Å². The highest BCUT2D eigenvalue weighted by molar-refractivity contribution is 5.50. The molecule has 0 spiro atoms. The number of likely N-dealkylation sites (N-methyl/N-ethyl adjacent to an activating group) is 1. The Morgan fingerprint density at radius 2 is 2.15 bits per heavy atom. The maximum absolute atomic E-state index is 4.76. The largest absolute Gasteiger partial charge is 0.363 e. The van der Waals surface area contributed by atoms with E-state index in [1.54, 1.807) is 0 Å². The fourth-order valence-corrected chi connectivity index (χ4v) is 2.74. The molecule has 1 aromatic heterocycles. The summed E-state index contributed by atoms with van der Waals surface area (Å²) in [5.74, 6) is 1.30. The van der Waals surface area contributed by atoms with Crippen molar-refractivity contribution in [2.45, 2.75) is 39.3 Å². The van der Waals surface area contributed by atoms with Crippen molar-refractivity contribution in [3.05, 3.63) is 17.7 Å². The van der Waals surface area contributed by atoms with Crippen LogP contribution >= 0.6 is 0 Å². The topological polar surface area (TPSA) is 44.3 Å². The van der Waals surface area contributed by atoms with Crippen LogP contribution in [-0.4, -0.2) is 54.6 Å². The second-order valence-corrected chi connectivity index (χ2v) is 6.05. The van der Waals surface area contributed by atoms with Gasteiger partial charge in [-0.2, -0.15) is 0 Å². The van der Waals surface area contributed by atoms with E-state index in [0.717, 1.165) is 37.7 Å². The average Bonchev–Trinajstić information content (AvgIpc) is 2.39. The molecule has 0 saturated carbocycles. The number of rotatable bonds is 4. The summed E-state index contributed by atoms with van der Waals surface area (Å²) in [6, 6.07) is 0.498. The van der Waals surface area contributed by atoms with E-state index in [0.29, 0.717) is 12.0 Å². The molecule has 0 radical (unpaired) electrons. The van der Waals surface area contributed by atoms with Crippen LogP contribution in [0.5, 0.6) is 0 Å². The molecule has 0 aromatic carbocycles. The van der Waals surface area contributed by atoms with Gasteiger partial charge in [0.2, 0.25) is 0 Å². The van der Waals surface area contributed by atoms with Crippen LogP contribution in [0.3, 0.4) is 0 Å². The molecule has 0 amide bonds. The van der Waals surface area contributed by atoms with Gasteiger partial charge in [-0.1, -0.05) is 13.8 Å². The maximum Gasteiger partial charge on any atom is 0.131 e. The van der Waals surface area contributed by atoms with E-state index in [1.807, 2.05) is 13.2 Å². The first kappa shape index (κ1) is 15.2. The highest BCUT2D eigenvalue weighted by Crippen LogP contribution is 2.24.